The number of hydrogen-bond donors (Lipinski definition) is 8. The molecule has 0 radical (unpaired) electrons. The van der Waals surface area contributed by atoms with Crippen LogP contribution < -0.4 is 16.4 Å². The van der Waals surface area contributed by atoms with Crippen molar-refractivity contribution in [2.75, 3.05) is 25.0 Å². The first-order valence-corrected chi connectivity index (χ1v) is 11.7. The van der Waals surface area contributed by atoms with E-state index in [1.807, 2.05) is 0 Å². The van der Waals surface area contributed by atoms with Gasteiger partial charge in [-0.25, -0.2) is 9.97 Å². The van der Waals surface area contributed by atoms with Crippen molar-refractivity contribution >= 4 is 41.6 Å². The van der Waals surface area contributed by atoms with E-state index in [4.69, 9.17) is 15.6 Å². The average molecular weight is 514 g/mol. The van der Waals surface area contributed by atoms with E-state index >= 15 is 0 Å². The van der Waals surface area contributed by atoms with Crippen molar-refractivity contribution < 1.29 is 34.8 Å². The predicted octanol–water partition coefficient (Wildman–Crippen LogP) is -1.38. The molecule has 5 atom stereocenters. The summed E-state index contributed by atoms with van der Waals surface area (Å²) in [6, 6.07) is -1.05. The van der Waals surface area contributed by atoms with E-state index in [-0.39, 0.29) is 0 Å². The van der Waals surface area contributed by atoms with E-state index in [0.29, 0.717) is 35.2 Å². The SMILES string of the molecule is NC(CC(=O)O)C(=O)NCCCCCCNc1nc(S)c2ncn([C@@H]3O[C@H](CO)[C@H](O)C3O)c2n1. The highest BCUT2D eigenvalue weighted by Gasteiger charge is 2.44. The number of carbonyl (C=O) groups excluding carboxylic acids is 1. The lowest BCUT2D eigenvalue weighted by molar-refractivity contribution is -0.139. The van der Waals surface area contributed by atoms with Crippen molar-refractivity contribution in [2.24, 2.45) is 5.73 Å². The Hall–Kier alpha value is -2.56. The number of imidazole rings is 1. The number of carboxylic acid groups (broad SMARTS) is 1. The van der Waals surface area contributed by atoms with Crippen LogP contribution in [0.15, 0.2) is 11.4 Å². The first-order valence-electron chi connectivity index (χ1n) is 11.3. The molecular weight excluding hydrogens is 482 g/mol. The Morgan fingerprint density at radius 1 is 1.17 bits per heavy atom. The zero-order valence-electron chi connectivity index (χ0n) is 18.9. The molecule has 1 aliphatic rings. The first-order chi connectivity index (χ1) is 16.7. The van der Waals surface area contributed by atoms with Gasteiger partial charge in [-0.05, 0) is 12.8 Å². The highest BCUT2D eigenvalue weighted by Crippen LogP contribution is 2.32. The monoisotopic (exact) mass is 513 g/mol. The second kappa shape index (κ2) is 12.4. The predicted molar refractivity (Wildman–Crippen MR) is 126 cm³/mol. The molecule has 8 N–H and O–H groups in total. The van der Waals surface area contributed by atoms with Crippen molar-refractivity contribution in [3.63, 3.8) is 0 Å². The summed E-state index contributed by atoms with van der Waals surface area (Å²) in [4.78, 5) is 35.2. The van der Waals surface area contributed by atoms with Gasteiger partial charge in [0.2, 0.25) is 11.9 Å². The van der Waals surface area contributed by atoms with Crippen LogP contribution in [0.25, 0.3) is 11.2 Å². The largest absolute Gasteiger partial charge is 0.481 e. The summed E-state index contributed by atoms with van der Waals surface area (Å²) in [6.07, 6.45) is -0.118. The van der Waals surface area contributed by atoms with Crippen LogP contribution in [0, 0.1) is 0 Å². The number of carbonyl (C=O) groups is 2. The van der Waals surface area contributed by atoms with Gasteiger partial charge in [-0.2, -0.15) is 4.98 Å². The minimum Gasteiger partial charge on any atom is -0.481 e. The third-order valence-electron chi connectivity index (χ3n) is 5.61. The molecule has 35 heavy (non-hydrogen) atoms. The van der Waals surface area contributed by atoms with Gasteiger partial charge >= 0.3 is 5.97 Å². The maximum atomic E-state index is 11.7. The number of fused-ring (bicyclic) bond motifs is 1. The van der Waals surface area contributed by atoms with E-state index in [1.165, 1.54) is 10.9 Å². The third kappa shape index (κ3) is 6.77. The molecule has 0 spiro atoms. The lowest BCUT2D eigenvalue weighted by Gasteiger charge is -2.16. The first kappa shape index (κ1) is 27.0. The summed E-state index contributed by atoms with van der Waals surface area (Å²) in [5.74, 6) is -1.27. The third-order valence-corrected chi connectivity index (χ3v) is 5.92. The summed E-state index contributed by atoms with van der Waals surface area (Å²) in [6.45, 7) is 0.565. The van der Waals surface area contributed by atoms with Gasteiger partial charge in [-0.1, -0.05) is 12.8 Å². The fourth-order valence-corrected chi connectivity index (χ4v) is 3.96. The number of ether oxygens (including phenoxy) is 1. The Bertz CT molecular complexity index is 1020. The van der Waals surface area contributed by atoms with Gasteiger partial charge in [0, 0.05) is 13.1 Å². The van der Waals surface area contributed by atoms with Crippen molar-refractivity contribution in [1.29, 1.82) is 0 Å². The van der Waals surface area contributed by atoms with Crippen LogP contribution in [0.1, 0.15) is 38.3 Å². The number of amides is 1. The van der Waals surface area contributed by atoms with Gasteiger partial charge in [0.15, 0.2) is 11.9 Å². The molecule has 194 valence electrons. The summed E-state index contributed by atoms with van der Waals surface area (Å²) >= 11 is 4.37. The van der Waals surface area contributed by atoms with Gasteiger partial charge in [0.1, 0.15) is 28.9 Å². The van der Waals surface area contributed by atoms with Crippen LogP contribution in [0.2, 0.25) is 0 Å². The van der Waals surface area contributed by atoms with Crippen molar-refractivity contribution in [2.45, 2.75) is 67.7 Å². The number of carboxylic acids is 1. The van der Waals surface area contributed by atoms with Crippen LogP contribution in [-0.4, -0.2) is 95.9 Å². The zero-order chi connectivity index (χ0) is 25.5. The molecule has 14 nitrogen and oxygen atoms in total. The summed E-state index contributed by atoms with van der Waals surface area (Å²) in [5.41, 5.74) is 6.26. The maximum absolute atomic E-state index is 11.7. The fourth-order valence-electron chi connectivity index (χ4n) is 3.70. The molecule has 15 heteroatoms. The van der Waals surface area contributed by atoms with E-state index in [9.17, 15) is 24.9 Å². The number of nitrogens with one attached hydrogen (secondary N) is 2. The van der Waals surface area contributed by atoms with Gasteiger partial charge in [-0.15, -0.1) is 12.6 Å². The molecule has 2 unspecified atom stereocenters. The zero-order valence-corrected chi connectivity index (χ0v) is 19.8. The van der Waals surface area contributed by atoms with E-state index in [0.717, 1.165) is 25.7 Å². The number of unbranched alkanes of at least 4 members (excludes halogenated alkanes) is 3. The molecule has 1 aliphatic heterocycles. The van der Waals surface area contributed by atoms with Gasteiger partial charge in [-0.3, -0.25) is 14.2 Å². The number of aromatic nitrogens is 4. The van der Waals surface area contributed by atoms with E-state index < -0.39 is 55.5 Å². The molecule has 0 bridgehead atoms. The fraction of sp³-hybridized carbons (Fsp3) is 0.650. The highest BCUT2D eigenvalue weighted by atomic mass is 32.1. The number of hydrogen-bond acceptors (Lipinski definition) is 12. The number of aliphatic hydroxyl groups excluding tert-OH is 3. The Kier molecular flexibility index (Phi) is 9.59. The topological polar surface area (TPSA) is 218 Å². The van der Waals surface area contributed by atoms with Crippen LogP contribution in [-0.2, 0) is 14.3 Å². The lowest BCUT2D eigenvalue weighted by atomic mass is 10.1. The molecular formula is C20H31N7O7S. The molecule has 0 saturated carbocycles. The van der Waals surface area contributed by atoms with Crippen molar-refractivity contribution in [3.8, 4) is 0 Å². The molecule has 3 heterocycles. The van der Waals surface area contributed by atoms with Crippen LogP contribution >= 0.6 is 12.6 Å². The number of nitrogens with two attached hydrogens (primary N) is 1. The molecule has 1 amide bonds. The number of thiol groups is 1. The van der Waals surface area contributed by atoms with Crippen LogP contribution in [0.5, 0.6) is 0 Å². The minimum absolute atomic E-state index is 0.315. The molecule has 3 rings (SSSR count). The van der Waals surface area contributed by atoms with Crippen molar-refractivity contribution in [3.05, 3.63) is 6.33 Å². The van der Waals surface area contributed by atoms with Gasteiger partial charge in [0.25, 0.3) is 0 Å². The number of aliphatic carboxylic acids is 1. The van der Waals surface area contributed by atoms with Crippen molar-refractivity contribution in [1.82, 2.24) is 24.8 Å². The quantitative estimate of drug-likeness (QED) is 0.0882. The molecule has 2 aromatic heterocycles. The standard InChI is InChI=1S/C20H31N7O7S/c21-10(7-12(29)30)17(33)22-5-3-1-2-4-6-23-20-25-16-13(18(35)26-20)24-9-27(16)19-15(32)14(31)11(8-28)34-19/h9-11,14-15,19,28,31-32H,1-8,21H2,(H,22,33)(H,29,30)(H2,23,25,26,35)/t10?,11-,14+,15?,19-/m1/s1. The highest BCUT2D eigenvalue weighted by molar-refractivity contribution is 7.80. The Balaban J connectivity index is 1.45. The second-order valence-corrected chi connectivity index (χ2v) is 8.68. The smallest absolute Gasteiger partial charge is 0.305 e. The number of rotatable bonds is 13. The Morgan fingerprint density at radius 3 is 2.54 bits per heavy atom. The Morgan fingerprint density at radius 2 is 1.89 bits per heavy atom. The molecule has 0 aliphatic carbocycles. The van der Waals surface area contributed by atoms with E-state index in [2.05, 4.69) is 38.2 Å². The van der Waals surface area contributed by atoms with Crippen LogP contribution in [0.4, 0.5) is 5.95 Å². The minimum atomic E-state index is -1.27. The summed E-state index contributed by atoms with van der Waals surface area (Å²) in [5, 5.41) is 44.4. The summed E-state index contributed by atoms with van der Waals surface area (Å²) in [7, 11) is 0. The summed E-state index contributed by atoms with van der Waals surface area (Å²) < 4.78 is 7.04. The van der Waals surface area contributed by atoms with Crippen LogP contribution in [0.3, 0.4) is 0 Å². The number of anilines is 1. The average Bonchev–Trinajstić information content (AvgIpc) is 3.36. The normalized spacial score (nSPS) is 22.9. The molecule has 0 aromatic carbocycles. The van der Waals surface area contributed by atoms with Gasteiger partial charge in [0.05, 0.1) is 25.4 Å². The van der Waals surface area contributed by atoms with E-state index in [1.54, 1.807) is 0 Å². The maximum Gasteiger partial charge on any atom is 0.305 e. The number of aliphatic hydroxyl groups is 3. The molecule has 2 aromatic rings. The second-order valence-electron chi connectivity index (χ2n) is 8.26. The van der Waals surface area contributed by atoms with Gasteiger partial charge < -0.3 is 41.5 Å². The molecule has 1 fully saturated rings. The lowest BCUT2D eigenvalue weighted by Crippen LogP contribution is -2.42. The Labute approximate surface area is 206 Å². The molecule has 1 saturated heterocycles. The number of nitrogens with zero attached hydrogens (tertiary/aromatic N) is 4.